The molecule has 0 saturated carbocycles. The number of hydrogen-bond donors (Lipinski definition) is 2. The van der Waals surface area contributed by atoms with E-state index in [1.54, 1.807) is 13.0 Å². The monoisotopic (exact) mass is 350 g/mol. The van der Waals surface area contributed by atoms with Crippen LogP contribution in [-0.4, -0.2) is 17.6 Å². The standard InChI is InChI=1S/C17H13ClF2N2O2/c1-2-24-17(23)16-8-11-14(5-9(19)6-15(11)22-16)21-10-3-4-13(20)12(18)7-10/h3-8,21-22H,2H2,1H3. The molecule has 4 nitrogen and oxygen atoms in total. The number of aromatic amines is 1. The molecule has 1 aromatic heterocycles. The number of aromatic nitrogens is 1. The molecule has 3 rings (SSSR count). The minimum Gasteiger partial charge on any atom is -0.461 e. The molecular weight excluding hydrogens is 338 g/mol. The van der Waals surface area contributed by atoms with E-state index >= 15 is 0 Å². The van der Waals surface area contributed by atoms with Crippen LogP contribution in [0.25, 0.3) is 10.9 Å². The van der Waals surface area contributed by atoms with Crippen LogP contribution in [0.15, 0.2) is 36.4 Å². The first-order chi connectivity index (χ1) is 11.5. The number of benzene rings is 2. The zero-order chi connectivity index (χ0) is 17.3. The summed E-state index contributed by atoms with van der Waals surface area (Å²) < 4.78 is 32.0. The van der Waals surface area contributed by atoms with Crippen LogP contribution in [-0.2, 0) is 4.74 Å². The van der Waals surface area contributed by atoms with Crippen molar-refractivity contribution in [3.05, 3.63) is 58.7 Å². The molecular formula is C17H13ClF2N2O2. The van der Waals surface area contributed by atoms with Crippen LogP contribution in [0.5, 0.6) is 0 Å². The third kappa shape index (κ3) is 3.19. The van der Waals surface area contributed by atoms with Gasteiger partial charge >= 0.3 is 5.97 Å². The Morgan fingerprint density at radius 1 is 1.25 bits per heavy atom. The first-order valence-electron chi connectivity index (χ1n) is 7.19. The number of carbonyl (C=O) groups excluding carboxylic acids is 1. The Hall–Kier alpha value is -2.60. The van der Waals surface area contributed by atoms with Gasteiger partial charge in [-0.3, -0.25) is 0 Å². The number of H-pyrrole nitrogens is 1. The molecule has 124 valence electrons. The number of esters is 1. The Morgan fingerprint density at radius 3 is 2.75 bits per heavy atom. The average molecular weight is 351 g/mol. The molecule has 0 atom stereocenters. The van der Waals surface area contributed by atoms with Crippen LogP contribution in [0.2, 0.25) is 5.02 Å². The van der Waals surface area contributed by atoms with E-state index < -0.39 is 17.6 Å². The van der Waals surface area contributed by atoms with Crippen LogP contribution in [0.1, 0.15) is 17.4 Å². The van der Waals surface area contributed by atoms with Gasteiger partial charge in [0.05, 0.1) is 22.8 Å². The summed E-state index contributed by atoms with van der Waals surface area (Å²) in [5, 5.41) is 3.53. The van der Waals surface area contributed by atoms with Crippen LogP contribution in [0.4, 0.5) is 20.2 Å². The highest BCUT2D eigenvalue weighted by atomic mass is 35.5. The molecule has 0 bridgehead atoms. The smallest absolute Gasteiger partial charge is 0.354 e. The van der Waals surface area contributed by atoms with E-state index in [0.717, 1.165) is 0 Å². The van der Waals surface area contributed by atoms with Gasteiger partial charge in [0.15, 0.2) is 0 Å². The van der Waals surface area contributed by atoms with Crippen molar-refractivity contribution >= 4 is 39.8 Å². The number of ether oxygens (including phenoxy) is 1. The molecule has 1 heterocycles. The van der Waals surface area contributed by atoms with Gasteiger partial charge < -0.3 is 15.0 Å². The minimum atomic E-state index is -0.544. The lowest BCUT2D eigenvalue weighted by Gasteiger charge is -2.09. The van der Waals surface area contributed by atoms with Crippen molar-refractivity contribution in [3.8, 4) is 0 Å². The summed E-state index contributed by atoms with van der Waals surface area (Å²) in [5.41, 5.74) is 1.57. The molecule has 2 aromatic carbocycles. The van der Waals surface area contributed by atoms with Gasteiger partial charge in [-0.25, -0.2) is 13.6 Å². The van der Waals surface area contributed by atoms with Crippen molar-refractivity contribution in [1.82, 2.24) is 4.98 Å². The fourth-order valence-corrected chi connectivity index (χ4v) is 2.53. The Labute approximate surface area is 141 Å². The number of anilines is 2. The average Bonchev–Trinajstić information content (AvgIpc) is 2.95. The van der Waals surface area contributed by atoms with Gasteiger partial charge in [-0.1, -0.05) is 11.6 Å². The lowest BCUT2D eigenvalue weighted by Crippen LogP contribution is -2.04. The lowest BCUT2D eigenvalue weighted by atomic mass is 10.2. The van der Waals surface area contributed by atoms with Crippen molar-refractivity contribution in [2.75, 3.05) is 11.9 Å². The number of halogens is 3. The van der Waals surface area contributed by atoms with E-state index in [1.807, 2.05) is 0 Å². The normalized spacial score (nSPS) is 10.8. The SMILES string of the molecule is CCOC(=O)c1cc2c(Nc3ccc(F)c(Cl)c3)cc(F)cc2[nH]1. The third-order valence-corrected chi connectivity index (χ3v) is 3.69. The maximum atomic E-state index is 13.8. The van der Waals surface area contributed by atoms with Crippen molar-refractivity contribution in [2.24, 2.45) is 0 Å². The predicted molar refractivity (Wildman–Crippen MR) is 88.9 cm³/mol. The first-order valence-corrected chi connectivity index (χ1v) is 7.57. The summed E-state index contributed by atoms with van der Waals surface area (Å²) in [7, 11) is 0. The Balaban J connectivity index is 2.03. The van der Waals surface area contributed by atoms with Crippen molar-refractivity contribution in [1.29, 1.82) is 0 Å². The predicted octanol–water partition coefficient (Wildman–Crippen LogP) is 5.02. The molecule has 0 fully saturated rings. The number of carbonyl (C=O) groups is 1. The zero-order valence-electron chi connectivity index (χ0n) is 12.6. The minimum absolute atomic E-state index is 0.0473. The van der Waals surface area contributed by atoms with E-state index in [0.29, 0.717) is 22.3 Å². The summed E-state index contributed by atoms with van der Waals surface area (Å²) in [6.45, 7) is 1.94. The number of fused-ring (bicyclic) bond motifs is 1. The summed E-state index contributed by atoms with van der Waals surface area (Å²) in [6.07, 6.45) is 0. The maximum Gasteiger partial charge on any atom is 0.354 e. The molecule has 0 unspecified atom stereocenters. The topological polar surface area (TPSA) is 54.1 Å². The Morgan fingerprint density at radius 2 is 2.04 bits per heavy atom. The highest BCUT2D eigenvalue weighted by Gasteiger charge is 2.14. The maximum absolute atomic E-state index is 13.8. The van der Waals surface area contributed by atoms with E-state index in [9.17, 15) is 13.6 Å². The van der Waals surface area contributed by atoms with Crippen molar-refractivity contribution < 1.29 is 18.3 Å². The number of nitrogens with one attached hydrogen (secondary N) is 2. The largest absolute Gasteiger partial charge is 0.461 e. The molecule has 0 aliphatic heterocycles. The highest BCUT2D eigenvalue weighted by molar-refractivity contribution is 6.31. The molecule has 3 aromatic rings. The molecule has 0 spiro atoms. The lowest BCUT2D eigenvalue weighted by molar-refractivity contribution is 0.0520. The van der Waals surface area contributed by atoms with Crippen LogP contribution < -0.4 is 5.32 Å². The van der Waals surface area contributed by atoms with Gasteiger partial charge in [-0.2, -0.15) is 0 Å². The zero-order valence-corrected chi connectivity index (χ0v) is 13.4. The van der Waals surface area contributed by atoms with E-state index in [-0.39, 0.29) is 17.3 Å². The fourth-order valence-electron chi connectivity index (χ4n) is 2.35. The first kappa shape index (κ1) is 16.3. The second-order valence-corrected chi connectivity index (χ2v) is 5.48. The van der Waals surface area contributed by atoms with Gasteiger partial charge in [0.2, 0.25) is 0 Å². The van der Waals surface area contributed by atoms with Gasteiger partial charge in [-0.05, 0) is 43.3 Å². The molecule has 0 aliphatic rings. The number of hydrogen-bond acceptors (Lipinski definition) is 3. The molecule has 0 amide bonds. The summed E-state index contributed by atoms with van der Waals surface area (Å²) in [6, 6.07) is 8.22. The quantitative estimate of drug-likeness (QED) is 0.649. The van der Waals surface area contributed by atoms with Crippen LogP contribution in [0, 0.1) is 11.6 Å². The van der Waals surface area contributed by atoms with Crippen molar-refractivity contribution in [2.45, 2.75) is 6.92 Å². The fraction of sp³-hybridized carbons (Fsp3) is 0.118. The van der Waals surface area contributed by atoms with Gasteiger partial charge in [0.25, 0.3) is 0 Å². The third-order valence-electron chi connectivity index (χ3n) is 3.40. The summed E-state index contributed by atoms with van der Waals surface area (Å²) in [4.78, 5) is 14.7. The van der Waals surface area contributed by atoms with Gasteiger partial charge in [0.1, 0.15) is 17.3 Å². The molecule has 2 N–H and O–H groups in total. The van der Waals surface area contributed by atoms with Crippen LogP contribution in [0.3, 0.4) is 0 Å². The summed E-state index contributed by atoms with van der Waals surface area (Å²) >= 11 is 5.75. The Bertz CT molecular complexity index is 924. The van der Waals surface area contributed by atoms with Crippen molar-refractivity contribution in [3.63, 3.8) is 0 Å². The second kappa shape index (κ2) is 6.49. The molecule has 0 radical (unpaired) electrons. The number of rotatable bonds is 4. The molecule has 7 heteroatoms. The highest BCUT2D eigenvalue weighted by Crippen LogP contribution is 2.30. The van der Waals surface area contributed by atoms with Crippen LogP contribution >= 0.6 is 11.6 Å². The van der Waals surface area contributed by atoms with E-state index in [1.165, 1.54) is 30.3 Å². The molecule has 24 heavy (non-hydrogen) atoms. The van der Waals surface area contributed by atoms with Gasteiger partial charge in [0, 0.05) is 11.1 Å². The van der Waals surface area contributed by atoms with E-state index in [2.05, 4.69) is 10.3 Å². The Kier molecular flexibility index (Phi) is 4.40. The molecule has 0 aliphatic carbocycles. The second-order valence-electron chi connectivity index (χ2n) is 5.07. The van der Waals surface area contributed by atoms with Gasteiger partial charge in [-0.15, -0.1) is 0 Å². The molecule has 0 saturated heterocycles. The van der Waals surface area contributed by atoms with E-state index in [4.69, 9.17) is 16.3 Å². The summed E-state index contributed by atoms with van der Waals surface area (Å²) in [5.74, 6) is -1.56.